The van der Waals surface area contributed by atoms with Gasteiger partial charge < -0.3 is 5.73 Å². The fourth-order valence-corrected chi connectivity index (χ4v) is 3.13. The highest BCUT2D eigenvalue weighted by Gasteiger charge is 2.40. The molecule has 3 aromatic rings. The molecule has 118 valence electrons. The fourth-order valence-electron chi connectivity index (χ4n) is 3.13. The quantitative estimate of drug-likeness (QED) is 0.719. The second-order valence-corrected chi connectivity index (χ2v) is 6.74. The Morgan fingerprint density at radius 1 is 0.783 bits per heavy atom. The van der Waals surface area contributed by atoms with E-state index < -0.39 is 0 Å². The molecule has 0 unspecified atom stereocenters. The first kappa shape index (κ1) is 15.8. The van der Waals surface area contributed by atoms with E-state index in [1.807, 2.05) is 0 Å². The molecule has 1 heteroatoms. The van der Waals surface area contributed by atoms with E-state index in [0.29, 0.717) is 5.41 Å². The van der Waals surface area contributed by atoms with Crippen molar-refractivity contribution in [2.45, 2.75) is 32.1 Å². The van der Waals surface area contributed by atoms with Crippen LogP contribution < -0.4 is 5.73 Å². The summed E-state index contributed by atoms with van der Waals surface area (Å²) in [4.78, 5) is 0. The summed E-state index contributed by atoms with van der Waals surface area (Å²) >= 11 is 0. The largest absolute Gasteiger partial charge is 0.330 e. The molecule has 1 nitrogen and oxygen atoms in total. The lowest BCUT2D eigenvalue weighted by Crippen LogP contribution is -2.00. The van der Waals surface area contributed by atoms with Gasteiger partial charge in [-0.2, -0.15) is 0 Å². The van der Waals surface area contributed by atoms with Gasteiger partial charge in [0.1, 0.15) is 0 Å². The smallest absolute Gasteiger partial charge is 0.0152 e. The van der Waals surface area contributed by atoms with Gasteiger partial charge >= 0.3 is 0 Å². The van der Waals surface area contributed by atoms with Crippen LogP contribution in [-0.4, -0.2) is 6.54 Å². The van der Waals surface area contributed by atoms with Crippen LogP contribution in [0.25, 0.3) is 10.8 Å². The maximum atomic E-state index is 5.49. The maximum absolute atomic E-state index is 5.49. The average Bonchev–Trinajstić information content (AvgIpc) is 3.15. The minimum absolute atomic E-state index is 0.406. The van der Waals surface area contributed by atoms with Gasteiger partial charge in [-0.1, -0.05) is 80.6 Å². The zero-order chi connectivity index (χ0) is 16.3. The molecule has 0 aliphatic heterocycles. The highest BCUT2D eigenvalue weighted by atomic mass is 14.5. The van der Waals surface area contributed by atoms with Gasteiger partial charge in [-0.15, -0.1) is 0 Å². The molecule has 23 heavy (non-hydrogen) atoms. The van der Waals surface area contributed by atoms with Crippen LogP contribution >= 0.6 is 0 Å². The average molecular weight is 303 g/mol. The Labute approximate surface area is 139 Å². The van der Waals surface area contributed by atoms with E-state index in [9.17, 15) is 0 Å². The van der Waals surface area contributed by atoms with Gasteiger partial charge in [-0.3, -0.25) is 0 Å². The van der Waals surface area contributed by atoms with Crippen LogP contribution in [0.2, 0.25) is 0 Å². The zero-order valence-corrected chi connectivity index (χ0v) is 14.0. The Bertz CT molecular complexity index is 777. The summed E-state index contributed by atoms with van der Waals surface area (Å²) in [6.45, 7) is 5.29. The van der Waals surface area contributed by atoms with Crippen molar-refractivity contribution in [3.8, 4) is 0 Å². The predicted molar refractivity (Wildman–Crippen MR) is 99.9 cm³/mol. The van der Waals surface area contributed by atoms with Crippen molar-refractivity contribution in [1.29, 1.82) is 0 Å². The monoisotopic (exact) mass is 303 g/mol. The summed E-state index contributed by atoms with van der Waals surface area (Å²) in [5.74, 6) is 0. The number of hydrogen-bond donors (Lipinski definition) is 1. The summed E-state index contributed by atoms with van der Waals surface area (Å²) in [7, 11) is 0. The van der Waals surface area contributed by atoms with Gasteiger partial charge in [0.2, 0.25) is 0 Å². The van der Waals surface area contributed by atoms with Gasteiger partial charge in [-0.05, 0) is 46.8 Å². The summed E-state index contributed by atoms with van der Waals surface area (Å²) in [5.41, 5.74) is 10.3. The number of nitrogens with two attached hydrogens (primary N) is 1. The van der Waals surface area contributed by atoms with Crippen LogP contribution in [0.3, 0.4) is 0 Å². The molecule has 0 bridgehead atoms. The Balaban J connectivity index is 0.000000149. The minimum atomic E-state index is 0.406. The third-order valence-electron chi connectivity index (χ3n) is 4.69. The van der Waals surface area contributed by atoms with Crippen LogP contribution in [-0.2, 0) is 11.8 Å². The topological polar surface area (TPSA) is 26.0 Å². The standard InChI is InChI=1S/C13H15N.C9H10/c14-9-3-4-11-7-8-12-5-1-2-6-13(12)10-11;1-9(2)7-5-3-4-6-8(7)9/h1-2,5-8,10H,3-4,9,14H2;3-6H,1-2H3. The number of aryl methyl sites for hydroxylation is 1. The molecule has 1 aliphatic carbocycles. The van der Waals surface area contributed by atoms with E-state index in [1.165, 1.54) is 27.5 Å². The van der Waals surface area contributed by atoms with Crippen molar-refractivity contribution < 1.29 is 0 Å². The Kier molecular flexibility index (Phi) is 4.49. The lowest BCUT2D eigenvalue weighted by atomic mass is 10.0. The van der Waals surface area contributed by atoms with Crippen molar-refractivity contribution in [3.63, 3.8) is 0 Å². The Morgan fingerprint density at radius 3 is 2.00 bits per heavy atom. The van der Waals surface area contributed by atoms with Crippen molar-refractivity contribution in [3.05, 3.63) is 83.4 Å². The molecule has 0 atom stereocenters. The van der Waals surface area contributed by atoms with Gasteiger partial charge in [0.15, 0.2) is 0 Å². The molecule has 0 heterocycles. The van der Waals surface area contributed by atoms with E-state index in [4.69, 9.17) is 5.73 Å². The Hall–Kier alpha value is -2.12. The molecule has 0 spiro atoms. The van der Waals surface area contributed by atoms with Crippen molar-refractivity contribution in [2.24, 2.45) is 5.73 Å². The zero-order valence-electron chi connectivity index (χ0n) is 14.0. The molecule has 0 aromatic heterocycles. The fraction of sp³-hybridized carbons (Fsp3) is 0.273. The van der Waals surface area contributed by atoms with Crippen LogP contribution in [0, 0.1) is 0 Å². The molecular formula is C22H25N. The van der Waals surface area contributed by atoms with Gasteiger partial charge in [0.05, 0.1) is 0 Å². The number of rotatable bonds is 3. The van der Waals surface area contributed by atoms with E-state index in [0.717, 1.165) is 19.4 Å². The second kappa shape index (κ2) is 6.55. The molecule has 0 fully saturated rings. The highest BCUT2D eigenvalue weighted by Crippen LogP contribution is 2.48. The number of benzene rings is 3. The number of hydrogen-bond acceptors (Lipinski definition) is 1. The van der Waals surface area contributed by atoms with Crippen molar-refractivity contribution in [1.82, 2.24) is 0 Å². The van der Waals surface area contributed by atoms with Gasteiger partial charge in [0.25, 0.3) is 0 Å². The molecule has 0 amide bonds. The maximum Gasteiger partial charge on any atom is 0.0152 e. The second-order valence-electron chi connectivity index (χ2n) is 6.74. The molecule has 3 aromatic carbocycles. The van der Waals surface area contributed by atoms with E-state index in [1.54, 1.807) is 0 Å². The molecule has 0 saturated heterocycles. The van der Waals surface area contributed by atoms with Crippen LogP contribution in [0.5, 0.6) is 0 Å². The molecule has 0 radical (unpaired) electrons. The first-order chi connectivity index (χ1) is 11.1. The SMILES string of the molecule is CC1(C)c2ccccc21.NCCCc1ccc2ccccc2c1. The molecule has 2 N–H and O–H groups in total. The van der Waals surface area contributed by atoms with Crippen LogP contribution in [0.1, 0.15) is 37.0 Å². The lowest BCUT2D eigenvalue weighted by Gasteiger charge is -2.02. The minimum Gasteiger partial charge on any atom is -0.330 e. The van der Waals surface area contributed by atoms with E-state index >= 15 is 0 Å². The first-order valence-electron chi connectivity index (χ1n) is 8.40. The molecular weight excluding hydrogens is 278 g/mol. The lowest BCUT2D eigenvalue weighted by molar-refractivity contribution is 0.793. The summed E-state index contributed by atoms with van der Waals surface area (Å²) in [5, 5.41) is 2.63. The van der Waals surface area contributed by atoms with E-state index in [2.05, 4.69) is 80.6 Å². The first-order valence-corrected chi connectivity index (χ1v) is 8.40. The summed E-state index contributed by atoms with van der Waals surface area (Å²) < 4.78 is 0. The number of fused-ring (bicyclic) bond motifs is 2. The van der Waals surface area contributed by atoms with Crippen LogP contribution in [0.15, 0.2) is 66.7 Å². The van der Waals surface area contributed by atoms with E-state index in [-0.39, 0.29) is 0 Å². The third-order valence-corrected chi connectivity index (χ3v) is 4.69. The normalized spacial score (nSPS) is 13.9. The molecule has 0 saturated carbocycles. The molecule has 4 rings (SSSR count). The van der Waals surface area contributed by atoms with Crippen LogP contribution in [0.4, 0.5) is 0 Å². The summed E-state index contributed by atoms with van der Waals surface area (Å²) in [6, 6.07) is 23.7. The highest BCUT2D eigenvalue weighted by molar-refractivity contribution is 5.82. The van der Waals surface area contributed by atoms with Crippen molar-refractivity contribution in [2.75, 3.05) is 6.54 Å². The van der Waals surface area contributed by atoms with Gasteiger partial charge in [0, 0.05) is 5.41 Å². The van der Waals surface area contributed by atoms with Gasteiger partial charge in [-0.25, -0.2) is 0 Å². The Morgan fingerprint density at radius 2 is 1.39 bits per heavy atom. The molecule has 1 aliphatic rings. The predicted octanol–water partition coefficient (Wildman–Crippen LogP) is 5.06. The summed E-state index contributed by atoms with van der Waals surface area (Å²) in [6.07, 6.45) is 2.15. The third kappa shape index (κ3) is 3.46. The van der Waals surface area contributed by atoms with Crippen molar-refractivity contribution >= 4 is 10.8 Å².